The van der Waals surface area contributed by atoms with Crippen LogP contribution in [-0.4, -0.2) is 39.7 Å². The summed E-state index contributed by atoms with van der Waals surface area (Å²) in [5.74, 6) is 0.130. The van der Waals surface area contributed by atoms with Crippen LogP contribution in [0.2, 0.25) is 0 Å². The molecule has 0 saturated carbocycles. The zero-order chi connectivity index (χ0) is 16.2. The number of carbonyl (C=O) groups excluding carboxylic acids is 1. The number of benzene rings is 1. The molecule has 1 amide bonds. The van der Waals surface area contributed by atoms with Crippen LogP contribution in [0.5, 0.6) is 0 Å². The molecule has 2 heterocycles. The summed E-state index contributed by atoms with van der Waals surface area (Å²) in [6, 6.07) is 12.2. The SMILES string of the molecule is Cc1cc(CN2CCCNC(=O)C2Cc2ccccc2)n(C)n1. The highest BCUT2D eigenvalue weighted by Gasteiger charge is 2.28. The summed E-state index contributed by atoms with van der Waals surface area (Å²) in [6.07, 6.45) is 1.72. The molecule has 1 aliphatic rings. The third kappa shape index (κ3) is 3.79. The third-order valence-corrected chi connectivity index (χ3v) is 4.40. The van der Waals surface area contributed by atoms with Crippen molar-refractivity contribution >= 4 is 5.91 Å². The van der Waals surface area contributed by atoms with E-state index >= 15 is 0 Å². The van der Waals surface area contributed by atoms with Crippen molar-refractivity contribution < 1.29 is 4.79 Å². The van der Waals surface area contributed by atoms with E-state index in [2.05, 4.69) is 33.5 Å². The average Bonchev–Trinajstić information content (AvgIpc) is 2.76. The van der Waals surface area contributed by atoms with Crippen molar-refractivity contribution in [2.24, 2.45) is 7.05 Å². The van der Waals surface area contributed by atoms with Crippen LogP contribution in [0.1, 0.15) is 23.4 Å². The Morgan fingerprint density at radius 2 is 2.09 bits per heavy atom. The van der Waals surface area contributed by atoms with Gasteiger partial charge in [-0.25, -0.2) is 0 Å². The first-order chi connectivity index (χ1) is 11.1. The first-order valence-corrected chi connectivity index (χ1v) is 8.18. The summed E-state index contributed by atoms with van der Waals surface area (Å²) in [6.45, 7) is 4.42. The standard InChI is InChI=1S/C18H24N4O/c1-14-11-16(21(2)20-14)13-22-10-6-9-19-18(23)17(22)12-15-7-4-3-5-8-15/h3-5,7-8,11,17H,6,9-10,12-13H2,1-2H3,(H,19,23). The Morgan fingerprint density at radius 1 is 1.30 bits per heavy atom. The van der Waals surface area contributed by atoms with Gasteiger partial charge in [-0.2, -0.15) is 5.10 Å². The Hall–Kier alpha value is -2.14. The molecular formula is C18H24N4O. The van der Waals surface area contributed by atoms with E-state index in [4.69, 9.17) is 0 Å². The lowest BCUT2D eigenvalue weighted by molar-refractivity contribution is -0.125. The van der Waals surface area contributed by atoms with Crippen LogP contribution in [0.3, 0.4) is 0 Å². The topological polar surface area (TPSA) is 50.2 Å². The molecule has 0 spiro atoms. The minimum atomic E-state index is -0.130. The summed E-state index contributed by atoms with van der Waals surface area (Å²) >= 11 is 0. The fourth-order valence-corrected chi connectivity index (χ4v) is 3.20. The second-order valence-corrected chi connectivity index (χ2v) is 6.22. The van der Waals surface area contributed by atoms with Gasteiger partial charge in [-0.15, -0.1) is 0 Å². The summed E-state index contributed by atoms with van der Waals surface area (Å²) in [4.78, 5) is 14.8. The third-order valence-electron chi connectivity index (χ3n) is 4.40. The van der Waals surface area contributed by atoms with Gasteiger partial charge < -0.3 is 5.32 Å². The van der Waals surface area contributed by atoms with Gasteiger partial charge in [-0.3, -0.25) is 14.4 Å². The van der Waals surface area contributed by atoms with Crippen LogP contribution >= 0.6 is 0 Å². The van der Waals surface area contributed by atoms with Crippen molar-refractivity contribution in [2.75, 3.05) is 13.1 Å². The zero-order valence-corrected chi connectivity index (χ0v) is 13.8. The highest BCUT2D eigenvalue weighted by molar-refractivity contribution is 5.82. The van der Waals surface area contributed by atoms with Crippen LogP contribution in [0.15, 0.2) is 36.4 Å². The number of nitrogens with zero attached hydrogens (tertiary/aromatic N) is 3. The lowest BCUT2D eigenvalue weighted by atomic mass is 10.0. The van der Waals surface area contributed by atoms with Crippen LogP contribution in [0, 0.1) is 6.92 Å². The first kappa shape index (κ1) is 15.7. The van der Waals surface area contributed by atoms with Gasteiger partial charge >= 0.3 is 0 Å². The molecule has 5 nitrogen and oxygen atoms in total. The van der Waals surface area contributed by atoms with E-state index in [1.165, 1.54) is 5.56 Å². The van der Waals surface area contributed by atoms with E-state index < -0.39 is 0 Å². The van der Waals surface area contributed by atoms with E-state index in [9.17, 15) is 4.79 Å². The molecule has 0 radical (unpaired) electrons. The molecule has 1 saturated heterocycles. The first-order valence-electron chi connectivity index (χ1n) is 8.18. The predicted octanol–water partition coefficient (Wildman–Crippen LogP) is 1.66. The van der Waals surface area contributed by atoms with Crippen LogP contribution in [0.4, 0.5) is 0 Å². The van der Waals surface area contributed by atoms with Crippen molar-refractivity contribution in [3.63, 3.8) is 0 Å². The number of aromatic nitrogens is 2. The van der Waals surface area contributed by atoms with E-state index in [1.54, 1.807) is 0 Å². The lowest BCUT2D eigenvalue weighted by Crippen LogP contribution is -2.45. The highest BCUT2D eigenvalue weighted by atomic mass is 16.2. The Bertz CT molecular complexity index is 665. The quantitative estimate of drug-likeness (QED) is 0.934. The van der Waals surface area contributed by atoms with Crippen molar-refractivity contribution in [3.8, 4) is 0 Å². The molecule has 1 fully saturated rings. The number of carbonyl (C=O) groups is 1. The van der Waals surface area contributed by atoms with Gasteiger partial charge in [0, 0.05) is 26.7 Å². The second kappa shape index (κ2) is 6.96. The molecule has 3 rings (SSSR count). The normalized spacial score (nSPS) is 19.4. The van der Waals surface area contributed by atoms with Crippen molar-refractivity contribution in [1.29, 1.82) is 0 Å². The minimum Gasteiger partial charge on any atom is -0.355 e. The molecule has 1 aliphatic heterocycles. The second-order valence-electron chi connectivity index (χ2n) is 6.22. The van der Waals surface area contributed by atoms with Crippen LogP contribution in [-0.2, 0) is 24.8 Å². The maximum absolute atomic E-state index is 12.5. The van der Waals surface area contributed by atoms with E-state index in [-0.39, 0.29) is 11.9 Å². The predicted molar refractivity (Wildman–Crippen MR) is 89.9 cm³/mol. The smallest absolute Gasteiger partial charge is 0.237 e. The Labute approximate surface area is 137 Å². The molecule has 1 aromatic heterocycles. The fraction of sp³-hybridized carbons (Fsp3) is 0.444. The molecular weight excluding hydrogens is 288 g/mol. The van der Waals surface area contributed by atoms with Gasteiger partial charge in [-0.1, -0.05) is 30.3 Å². The number of rotatable bonds is 4. The number of hydrogen-bond acceptors (Lipinski definition) is 3. The van der Waals surface area contributed by atoms with Gasteiger partial charge in [0.1, 0.15) is 0 Å². The Kier molecular flexibility index (Phi) is 4.76. The minimum absolute atomic E-state index is 0.130. The van der Waals surface area contributed by atoms with Crippen LogP contribution in [0.25, 0.3) is 0 Å². The molecule has 5 heteroatoms. The molecule has 23 heavy (non-hydrogen) atoms. The maximum Gasteiger partial charge on any atom is 0.237 e. The van der Waals surface area contributed by atoms with Gasteiger partial charge in [0.2, 0.25) is 5.91 Å². The Morgan fingerprint density at radius 3 is 2.78 bits per heavy atom. The summed E-state index contributed by atoms with van der Waals surface area (Å²) in [5.41, 5.74) is 3.36. The molecule has 0 aliphatic carbocycles. The Balaban J connectivity index is 1.81. The summed E-state index contributed by atoms with van der Waals surface area (Å²) in [5, 5.41) is 7.46. The fourth-order valence-electron chi connectivity index (χ4n) is 3.20. The molecule has 0 bridgehead atoms. The van der Waals surface area contributed by atoms with Gasteiger partial charge in [0.15, 0.2) is 0 Å². The van der Waals surface area contributed by atoms with E-state index in [1.807, 2.05) is 36.9 Å². The van der Waals surface area contributed by atoms with E-state index in [0.717, 1.165) is 43.9 Å². The molecule has 122 valence electrons. The highest BCUT2D eigenvalue weighted by Crippen LogP contribution is 2.16. The van der Waals surface area contributed by atoms with Crippen molar-refractivity contribution in [1.82, 2.24) is 20.0 Å². The number of aryl methyl sites for hydroxylation is 2. The monoisotopic (exact) mass is 312 g/mol. The number of nitrogens with one attached hydrogen (secondary N) is 1. The summed E-state index contributed by atoms with van der Waals surface area (Å²) < 4.78 is 1.91. The molecule has 1 N–H and O–H groups in total. The zero-order valence-electron chi connectivity index (χ0n) is 13.8. The van der Waals surface area contributed by atoms with Gasteiger partial charge in [0.05, 0.1) is 17.4 Å². The van der Waals surface area contributed by atoms with Crippen molar-refractivity contribution in [3.05, 3.63) is 53.3 Å². The van der Waals surface area contributed by atoms with Crippen LogP contribution < -0.4 is 5.32 Å². The lowest BCUT2D eigenvalue weighted by Gasteiger charge is -2.28. The number of hydrogen-bond donors (Lipinski definition) is 1. The van der Waals surface area contributed by atoms with E-state index in [0.29, 0.717) is 0 Å². The molecule has 2 aromatic rings. The largest absolute Gasteiger partial charge is 0.355 e. The van der Waals surface area contributed by atoms with Gasteiger partial charge in [-0.05, 0) is 31.4 Å². The van der Waals surface area contributed by atoms with Crippen molar-refractivity contribution in [2.45, 2.75) is 32.4 Å². The molecule has 1 atom stereocenters. The van der Waals surface area contributed by atoms with Gasteiger partial charge in [0.25, 0.3) is 0 Å². The number of amides is 1. The molecule has 1 aromatic carbocycles. The summed E-state index contributed by atoms with van der Waals surface area (Å²) in [7, 11) is 1.96. The average molecular weight is 312 g/mol. The molecule has 1 unspecified atom stereocenters. The maximum atomic E-state index is 12.5.